The van der Waals surface area contributed by atoms with Gasteiger partial charge in [0.05, 0.1) is 23.7 Å². The molecule has 1 aromatic heterocycles. The molecule has 0 unspecified atom stereocenters. The van der Waals surface area contributed by atoms with Crippen molar-refractivity contribution in [1.29, 1.82) is 0 Å². The van der Waals surface area contributed by atoms with Crippen LogP contribution in [-0.2, 0) is 6.54 Å². The number of fused-ring (bicyclic) bond motifs is 1. The topological polar surface area (TPSA) is 77.5 Å². The molecule has 1 heterocycles. The van der Waals surface area contributed by atoms with Gasteiger partial charge in [-0.3, -0.25) is 4.99 Å². The van der Waals surface area contributed by atoms with Crippen molar-refractivity contribution < 1.29 is 4.74 Å². The van der Waals surface area contributed by atoms with Gasteiger partial charge >= 0.3 is 0 Å². The number of aryl methyl sites for hydroxylation is 1. The Morgan fingerprint density at radius 2 is 1.89 bits per heavy atom. The van der Waals surface area contributed by atoms with Gasteiger partial charge in [0.25, 0.3) is 0 Å². The van der Waals surface area contributed by atoms with Crippen molar-refractivity contribution in [3.63, 3.8) is 0 Å². The number of aromatic nitrogens is 2. The lowest BCUT2D eigenvalue weighted by Crippen LogP contribution is -2.23. The standard InChI is InChI=1S/C20H25N5O.HI/c1-14(2)26-17-10-8-16(9-11-17)24-20(21)22-12-13-25-15(3)23-18-6-4-5-7-19(18)25;/h4-11,14H,12-13H2,1-3H3,(H3,21,22,24);1H. The van der Waals surface area contributed by atoms with E-state index in [1.54, 1.807) is 0 Å². The summed E-state index contributed by atoms with van der Waals surface area (Å²) < 4.78 is 7.79. The van der Waals surface area contributed by atoms with Crippen molar-refractivity contribution in [1.82, 2.24) is 9.55 Å². The van der Waals surface area contributed by atoms with Gasteiger partial charge in [-0.15, -0.1) is 24.0 Å². The molecule has 7 heteroatoms. The number of ether oxygens (including phenoxy) is 1. The second-order valence-electron chi connectivity index (χ2n) is 6.38. The molecule has 27 heavy (non-hydrogen) atoms. The number of para-hydroxylation sites is 2. The van der Waals surface area contributed by atoms with E-state index in [0.717, 1.165) is 34.8 Å². The minimum Gasteiger partial charge on any atom is -0.491 e. The van der Waals surface area contributed by atoms with Crippen molar-refractivity contribution in [3.8, 4) is 5.75 Å². The fraction of sp³-hybridized carbons (Fsp3) is 0.300. The average molecular weight is 479 g/mol. The smallest absolute Gasteiger partial charge is 0.193 e. The van der Waals surface area contributed by atoms with E-state index in [2.05, 4.69) is 25.9 Å². The number of nitrogens with zero attached hydrogens (tertiary/aromatic N) is 3. The lowest BCUT2D eigenvalue weighted by Gasteiger charge is -2.11. The molecule has 3 N–H and O–H groups in total. The van der Waals surface area contributed by atoms with E-state index in [0.29, 0.717) is 12.5 Å². The Hall–Kier alpha value is -2.29. The van der Waals surface area contributed by atoms with Crippen molar-refractivity contribution in [3.05, 3.63) is 54.4 Å². The van der Waals surface area contributed by atoms with E-state index in [1.807, 2.05) is 63.2 Å². The molecule has 3 rings (SSSR count). The first-order valence-electron chi connectivity index (χ1n) is 8.78. The molecule has 0 aliphatic carbocycles. The molecule has 144 valence electrons. The highest BCUT2D eigenvalue weighted by atomic mass is 127. The molecule has 0 bridgehead atoms. The fourth-order valence-corrected chi connectivity index (χ4v) is 2.83. The third-order valence-corrected chi connectivity index (χ3v) is 3.95. The third kappa shape index (κ3) is 5.59. The van der Waals surface area contributed by atoms with Gasteiger partial charge in [-0.1, -0.05) is 12.1 Å². The summed E-state index contributed by atoms with van der Waals surface area (Å²) in [5.41, 5.74) is 9.00. The van der Waals surface area contributed by atoms with Crippen molar-refractivity contribution >= 4 is 46.7 Å². The van der Waals surface area contributed by atoms with Gasteiger partial charge in [0, 0.05) is 12.2 Å². The van der Waals surface area contributed by atoms with E-state index < -0.39 is 0 Å². The number of hydrogen-bond acceptors (Lipinski definition) is 3. The Labute approximate surface area is 176 Å². The third-order valence-electron chi connectivity index (χ3n) is 3.95. The number of halogens is 1. The summed E-state index contributed by atoms with van der Waals surface area (Å²) in [4.78, 5) is 8.98. The summed E-state index contributed by atoms with van der Waals surface area (Å²) in [5.74, 6) is 2.21. The van der Waals surface area contributed by atoms with Crippen molar-refractivity contribution in [2.75, 3.05) is 11.9 Å². The predicted octanol–water partition coefficient (Wildman–Crippen LogP) is 4.18. The van der Waals surface area contributed by atoms with E-state index in [-0.39, 0.29) is 30.1 Å². The largest absolute Gasteiger partial charge is 0.491 e. The SMILES string of the molecule is Cc1nc2ccccc2n1CCN=C(N)Nc1ccc(OC(C)C)cc1.I. The number of nitrogens with one attached hydrogen (secondary N) is 1. The summed E-state index contributed by atoms with van der Waals surface area (Å²) in [7, 11) is 0. The molecular weight excluding hydrogens is 453 g/mol. The minimum absolute atomic E-state index is 0. The maximum atomic E-state index is 6.00. The first kappa shape index (κ1) is 21.0. The predicted molar refractivity (Wildman–Crippen MR) is 122 cm³/mol. The maximum Gasteiger partial charge on any atom is 0.193 e. The zero-order valence-corrected chi connectivity index (χ0v) is 18.2. The summed E-state index contributed by atoms with van der Waals surface area (Å²) in [6.07, 6.45) is 0.156. The van der Waals surface area contributed by atoms with Gasteiger partial charge in [-0.05, 0) is 57.2 Å². The Morgan fingerprint density at radius 1 is 1.19 bits per heavy atom. The van der Waals surface area contributed by atoms with Crippen LogP contribution in [-0.4, -0.2) is 28.2 Å². The average Bonchev–Trinajstić information content (AvgIpc) is 2.92. The van der Waals surface area contributed by atoms with Crippen LogP contribution in [0.1, 0.15) is 19.7 Å². The molecule has 0 atom stereocenters. The molecule has 0 aliphatic heterocycles. The van der Waals surface area contributed by atoms with Gasteiger partial charge in [0.15, 0.2) is 5.96 Å². The number of hydrogen-bond donors (Lipinski definition) is 2. The van der Waals surface area contributed by atoms with Crippen LogP contribution >= 0.6 is 24.0 Å². The summed E-state index contributed by atoms with van der Waals surface area (Å²) in [6.45, 7) is 7.32. The van der Waals surface area contributed by atoms with Gasteiger partial charge < -0.3 is 20.4 Å². The van der Waals surface area contributed by atoms with Crippen LogP contribution in [0.15, 0.2) is 53.5 Å². The zero-order valence-electron chi connectivity index (χ0n) is 15.8. The number of aliphatic imine (C=N–C) groups is 1. The zero-order chi connectivity index (χ0) is 18.5. The second-order valence-corrected chi connectivity index (χ2v) is 6.38. The summed E-state index contributed by atoms with van der Waals surface area (Å²) >= 11 is 0. The molecule has 0 fully saturated rings. The maximum absolute atomic E-state index is 6.00. The molecule has 0 spiro atoms. The Balaban J connectivity index is 0.00000261. The van der Waals surface area contributed by atoms with Gasteiger partial charge in [-0.2, -0.15) is 0 Å². The number of anilines is 1. The lowest BCUT2D eigenvalue weighted by atomic mass is 10.3. The fourth-order valence-electron chi connectivity index (χ4n) is 2.83. The molecule has 0 aliphatic rings. The molecule has 2 aromatic carbocycles. The summed E-state index contributed by atoms with van der Waals surface area (Å²) in [5, 5.41) is 3.10. The number of rotatable bonds is 6. The summed E-state index contributed by atoms with van der Waals surface area (Å²) in [6, 6.07) is 15.8. The van der Waals surface area contributed by atoms with Gasteiger partial charge in [-0.25, -0.2) is 4.98 Å². The van der Waals surface area contributed by atoms with Crippen LogP contribution < -0.4 is 15.8 Å². The van der Waals surface area contributed by atoms with Crippen molar-refractivity contribution in [2.45, 2.75) is 33.4 Å². The van der Waals surface area contributed by atoms with Crippen LogP contribution in [0.4, 0.5) is 5.69 Å². The van der Waals surface area contributed by atoms with E-state index >= 15 is 0 Å². The van der Waals surface area contributed by atoms with E-state index in [9.17, 15) is 0 Å². The number of imidazole rings is 1. The minimum atomic E-state index is 0. The Bertz CT molecular complexity index is 902. The first-order chi connectivity index (χ1) is 12.5. The van der Waals surface area contributed by atoms with Crippen LogP contribution in [0.2, 0.25) is 0 Å². The van der Waals surface area contributed by atoms with Crippen LogP contribution in [0.3, 0.4) is 0 Å². The van der Waals surface area contributed by atoms with E-state index in [4.69, 9.17) is 10.5 Å². The molecule has 6 nitrogen and oxygen atoms in total. The number of benzene rings is 2. The molecule has 0 radical (unpaired) electrons. The van der Waals surface area contributed by atoms with Crippen LogP contribution in [0, 0.1) is 6.92 Å². The highest BCUT2D eigenvalue weighted by Crippen LogP contribution is 2.17. The lowest BCUT2D eigenvalue weighted by molar-refractivity contribution is 0.242. The monoisotopic (exact) mass is 479 g/mol. The second kappa shape index (κ2) is 9.59. The molecule has 0 saturated heterocycles. The van der Waals surface area contributed by atoms with Crippen LogP contribution in [0.25, 0.3) is 11.0 Å². The van der Waals surface area contributed by atoms with Crippen LogP contribution in [0.5, 0.6) is 5.75 Å². The molecule has 0 amide bonds. The highest BCUT2D eigenvalue weighted by molar-refractivity contribution is 14.0. The van der Waals surface area contributed by atoms with Gasteiger partial charge in [0.2, 0.25) is 0 Å². The normalized spacial score (nSPS) is 11.5. The molecular formula is C20H26IN5O. The van der Waals surface area contributed by atoms with Crippen molar-refractivity contribution in [2.24, 2.45) is 10.7 Å². The molecule has 3 aromatic rings. The quantitative estimate of drug-likeness (QED) is 0.316. The Morgan fingerprint density at radius 3 is 2.59 bits per heavy atom. The molecule has 0 saturated carbocycles. The first-order valence-corrected chi connectivity index (χ1v) is 8.78. The van der Waals surface area contributed by atoms with E-state index in [1.165, 1.54) is 0 Å². The highest BCUT2D eigenvalue weighted by Gasteiger charge is 2.06. The van der Waals surface area contributed by atoms with Gasteiger partial charge in [0.1, 0.15) is 11.6 Å². The number of nitrogens with two attached hydrogens (primary N) is 1. The Kier molecular flexibility index (Phi) is 7.46. The number of guanidine groups is 1.